The van der Waals surface area contributed by atoms with Gasteiger partial charge < -0.3 is 19.7 Å². The minimum absolute atomic E-state index is 0.151. The SMILES string of the molecule is C=C/C=C\C(=C/C)NC(=O)C[C@H]1C[C@@H](C(=O)O)N(c2nc(C)nc3c2oc2ccccc23)C1. The third kappa shape index (κ3) is 4.50. The van der Waals surface area contributed by atoms with Gasteiger partial charge in [-0.25, -0.2) is 14.8 Å². The Morgan fingerprint density at radius 1 is 1.33 bits per heavy atom. The van der Waals surface area contributed by atoms with Crippen molar-refractivity contribution in [2.45, 2.75) is 32.7 Å². The molecule has 4 rings (SSSR count). The van der Waals surface area contributed by atoms with Crippen molar-refractivity contribution in [1.29, 1.82) is 0 Å². The summed E-state index contributed by atoms with van der Waals surface area (Å²) in [5.74, 6) is -0.294. The van der Waals surface area contributed by atoms with E-state index >= 15 is 0 Å². The lowest BCUT2D eigenvalue weighted by atomic mass is 10.0. The van der Waals surface area contributed by atoms with Gasteiger partial charge in [-0.3, -0.25) is 4.79 Å². The minimum atomic E-state index is -0.957. The lowest BCUT2D eigenvalue weighted by molar-refractivity contribution is -0.138. The Balaban J connectivity index is 1.62. The summed E-state index contributed by atoms with van der Waals surface area (Å²) < 4.78 is 6.04. The smallest absolute Gasteiger partial charge is 0.326 e. The standard InChI is InChI=1S/C25H26N4O4/c1-4-6-9-17(5-2)28-21(30)13-16-12-19(25(31)32)29(14-16)24-23-22(26-15(3)27-24)18-10-7-8-11-20(18)33-23/h4-11,16,19H,1,12-14H2,2-3H3,(H,28,30)(H,31,32)/b9-6-,17-5+/t16-,19+/m1/s1. The molecule has 170 valence electrons. The molecule has 0 aliphatic carbocycles. The third-order valence-electron chi connectivity index (χ3n) is 5.74. The quantitative estimate of drug-likeness (QED) is 0.526. The van der Waals surface area contributed by atoms with Gasteiger partial charge in [0.15, 0.2) is 11.4 Å². The molecular weight excluding hydrogens is 420 g/mol. The number of fused-ring (bicyclic) bond motifs is 3. The second-order valence-electron chi connectivity index (χ2n) is 8.07. The number of benzene rings is 1. The number of carbonyl (C=O) groups is 2. The average molecular weight is 447 g/mol. The predicted octanol–water partition coefficient (Wildman–Crippen LogP) is 4.12. The number of nitrogens with zero attached hydrogens (tertiary/aromatic N) is 3. The number of aliphatic carboxylic acids is 1. The largest absolute Gasteiger partial charge is 0.480 e. The zero-order chi connectivity index (χ0) is 23.5. The number of nitrogens with one attached hydrogen (secondary N) is 1. The Morgan fingerprint density at radius 2 is 2.12 bits per heavy atom. The van der Waals surface area contributed by atoms with Gasteiger partial charge in [0.2, 0.25) is 5.91 Å². The van der Waals surface area contributed by atoms with Crippen LogP contribution in [-0.2, 0) is 9.59 Å². The summed E-state index contributed by atoms with van der Waals surface area (Å²) in [5, 5.41) is 13.6. The first kappa shape index (κ1) is 22.3. The number of amides is 1. The Bertz CT molecular complexity index is 1290. The number of rotatable bonds is 7. The van der Waals surface area contributed by atoms with Crippen molar-refractivity contribution in [2.24, 2.45) is 5.92 Å². The first-order valence-corrected chi connectivity index (χ1v) is 10.8. The van der Waals surface area contributed by atoms with Gasteiger partial charge in [-0.15, -0.1) is 0 Å². The molecular formula is C25H26N4O4. The second-order valence-corrected chi connectivity index (χ2v) is 8.07. The molecule has 33 heavy (non-hydrogen) atoms. The number of allylic oxidation sites excluding steroid dienone is 4. The summed E-state index contributed by atoms with van der Waals surface area (Å²) in [7, 11) is 0. The summed E-state index contributed by atoms with van der Waals surface area (Å²) >= 11 is 0. The number of hydrogen-bond acceptors (Lipinski definition) is 6. The van der Waals surface area contributed by atoms with Crippen LogP contribution in [0.5, 0.6) is 0 Å². The van der Waals surface area contributed by atoms with Crippen LogP contribution in [0.25, 0.3) is 22.1 Å². The number of aryl methyl sites for hydroxylation is 1. The van der Waals surface area contributed by atoms with E-state index < -0.39 is 12.0 Å². The highest BCUT2D eigenvalue weighted by Gasteiger charge is 2.40. The molecule has 0 bridgehead atoms. The van der Waals surface area contributed by atoms with Crippen LogP contribution in [0.1, 0.15) is 25.6 Å². The number of para-hydroxylation sites is 1. The molecule has 3 aromatic rings. The van der Waals surface area contributed by atoms with Crippen LogP contribution in [-0.4, -0.2) is 39.5 Å². The van der Waals surface area contributed by atoms with Crippen molar-refractivity contribution in [3.05, 3.63) is 66.7 Å². The number of carboxylic acid groups (broad SMARTS) is 1. The van der Waals surface area contributed by atoms with Crippen LogP contribution < -0.4 is 10.2 Å². The van der Waals surface area contributed by atoms with Crippen LogP contribution in [0.4, 0.5) is 5.82 Å². The van der Waals surface area contributed by atoms with E-state index in [4.69, 9.17) is 4.42 Å². The number of carbonyl (C=O) groups excluding carboxylic acids is 1. The minimum Gasteiger partial charge on any atom is -0.480 e. The topological polar surface area (TPSA) is 109 Å². The van der Waals surface area contributed by atoms with E-state index in [9.17, 15) is 14.7 Å². The maximum Gasteiger partial charge on any atom is 0.326 e. The van der Waals surface area contributed by atoms with E-state index in [1.165, 1.54) is 0 Å². The highest BCUT2D eigenvalue weighted by molar-refractivity contribution is 6.06. The van der Waals surface area contributed by atoms with Gasteiger partial charge in [-0.1, -0.05) is 36.9 Å². The monoisotopic (exact) mass is 446 g/mol. The fourth-order valence-electron chi connectivity index (χ4n) is 4.27. The van der Waals surface area contributed by atoms with Crippen LogP contribution in [0.2, 0.25) is 0 Å². The molecule has 2 aromatic heterocycles. The van der Waals surface area contributed by atoms with Gasteiger partial charge >= 0.3 is 5.97 Å². The van der Waals surface area contributed by atoms with Crippen LogP contribution in [0.3, 0.4) is 0 Å². The van der Waals surface area contributed by atoms with E-state index in [-0.39, 0.29) is 18.2 Å². The van der Waals surface area contributed by atoms with Crippen molar-refractivity contribution in [1.82, 2.24) is 15.3 Å². The maximum atomic E-state index is 12.6. The van der Waals surface area contributed by atoms with Crippen molar-refractivity contribution in [2.75, 3.05) is 11.4 Å². The molecule has 3 heterocycles. The number of hydrogen-bond donors (Lipinski definition) is 2. The maximum absolute atomic E-state index is 12.6. The highest BCUT2D eigenvalue weighted by Crippen LogP contribution is 2.37. The molecule has 8 heteroatoms. The molecule has 1 fully saturated rings. The Morgan fingerprint density at radius 3 is 2.85 bits per heavy atom. The third-order valence-corrected chi connectivity index (χ3v) is 5.74. The summed E-state index contributed by atoms with van der Waals surface area (Å²) in [4.78, 5) is 35.5. The molecule has 1 aromatic carbocycles. The Labute approximate surface area is 191 Å². The normalized spacial score (nSPS) is 19.0. The van der Waals surface area contributed by atoms with E-state index in [2.05, 4.69) is 21.9 Å². The molecule has 1 aliphatic rings. The zero-order valence-electron chi connectivity index (χ0n) is 18.6. The van der Waals surface area contributed by atoms with Gasteiger partial charge in [-0.2, -0.15) is 0 Å². The van der Waals surface area contributed by atoms with Crippen molar-refractivity contribution < 1.29 is 19.1 Å². The lowest BCUT2D eigenvalue weighted by Crippen LogP contribution is -2.36. The molecule has 1 amide bonds. The Kier molecular flexibility index (Phi) is 6.26. The summed E-state index contributed by atoms with van der Waals surface area (Å²) in [5.41, 5.74) is 2.45. The van der Waals surface area contributed by atoms with Gasteiger partial charge in [0.1, 0.15) is 23.0 Å². The van der Waals surface area contributed by atoms with Crippen molar-refractivity contribution in [3.8, 4) is 0 Å². The first-order valence-electron chi connectivity index (χ1n) is 10.8. The lowest BCUT2D eigenvalue weighted by Gasteiger charge is -2.22. The number of aromatic nitrogens is 2. The van der Waals surface area contributed by atoms with Gasteiger partial charge in [0.25, 0.3) is 0 Å². The fourth-order valence-corrected chi connectivity index (χ4v) is 4.27. The average Bonchev–Trinajstić information content (AvgIpc) is 3.37. The van der Waals surface area contributed by atoms with Crippen LogP contribution in [0.15, 0.2) is 65.3 Å². The van der Waals surface area contributed by atoms with Gasteiger partial charge in [0.05, 0.1) is 0 Å². The van der Waals surface area contributed by atoms with E-state index in [0.29, 0.717) is 47.0 Å². The van der Waals surface area contributed by atoms with E-state index in [0.717, 1.165) is 5.39 Å². The molecule has 8 nitrogen and oxygen atoms in total. The second kappa shape index (κ2) is 9.28. The van der Waals surface area contributed by atoms with E-state index in [1.807, 2.05) is 31.2 Å². The zero-order valence-corrected chi connectivity index (χ0v) is 18.6. The van der Waals surface area contributed by atoms with Gasteiger partial charge in [0, 0.05) is 24.0 Å². The summed E-state index contributed by atoms with van der Waals surface area (Å²) in [6.07, 6.45) is 7.46. The molecule has 0 saturated carbocycles. The van der Waals surface area contributed by atoms with E-state index in [1.54, 1.807) is 36.1 Å². The molecule has 1 aliphatic heterocycles. The van der Waals surface area contributed by atoms with Gasteiger partial charge in [-0.05, 0) is 44.4 Å². The number of anilines is 1. The van der Waals surface area contributed by atoms with Crippen LogP contribution in [0, 0.1) is 12.8 Å². The first-order chi connectivity index (χ1) is 15.9. The van der Waals surface area contributed by atoms with Crippen LogP contribution >= 0.6 is 0 Å². The number of furan rings is 1. The molecule has 0 unspecified atom stereocenters. The molecule has 2 N–H and O–H groups in total. The molecule has 2 atom stereocenters. The molecule has 0 spiro atoms. The number of carboxylic acids is 1. The summed E-state index contributed by atoms with van der Waals surface area (Å²) in [6.45, 7) is 7.61. The van der Waals surface area contributed by atoms with Crippen molar-refractivity contribution >= 4 is 39.8 Å². The highest BCUT2D eigenvalue weighted by atomic mass is 16.4. The predicted molar refractivity (Wildman–Crippen MR) is 127 cm³/mol. The molecule has 0 radical (unpaired) electrons. The Hall–Kier alpha value is -3.94. The fraction of sp³-hybridized carbons (Fsp3) is 0.280. The summed E-state index contributed by atoms with van der Waals surface area (Å²) in [6, 6.07) is 6.74. The van der Waals surface area contributed by atoms with Crippen molar-refractivity contribution in [3.63, 3.8) is 0 Å². The molecule has 1 saturated heterocycles.